The van der Waals surface area contributed by atoms with Crippen LogP contribution in [0, 0.1) is 0 Å². The largest absolute Gasteiger partial charge is 0.378 e. The Morgan fingerprint density at radius 3 is 2.34 bits per heavy atom. The normalized spacial score (nSPS) is 16.8. The third-order valence-electron chi connectivity index (χ3n) is 5.22. The predicted octanol–water partition coefficient (Wildman–Crippen LogP) is 2.54. The van der Waals surface area contributed by atoms with Crippen LogP contribution in [0.5, 0.6) is 0 Å². The van der Waals surface area contributed by atoms with Crippen molar-refractivity contribution in [1.29, 1.82) is 0 Å². The van der Waals surface area contributed by atoms with E-state index in [0.29, 0.717) is 56.1 Å². The van der Waals surface area contributed by atoms with E-state index in [-0.39, 0.29) is 17.7 Å². The quantitative estimate of drug-likeness (QED) is 0.866. The van der Waals surface area contributed by atoms with Gasteiger partial charge in [-0.2, -0.15) is 0 Å². The molecule has 2 aromatic carbocycles. The monoisotopic (exact) mass is 393 g/mol. The lowest BCUT2D eigenvalue weighted by molar-refractivity contribution is -0.117. The maximum Gasteiger partial charge on any atom is 0.256 e. The molecule has 2 heterocycles. The summed E-state index contributed by atoms with van der Waals surface area (Å²) in [5.74, 6) is -0.309. The second kappa shape index (κ2) is 8.45. The molecule has 0 bridgehead atoms. The fraction of sp³-hybridized carbons (Fsp3) is 0.318. The van der Waals surface area contributed by atoms with Crippen LogP contribution >= 0.6 is 0 Å². The van der Waals surface area contributed by atoms with E-state index in [1.54, 1.807) is 58.3 Å². The average molecular weight is 393 g/mol. The molecule has 0 spiro atoms. The van der Waals surface area contributed by atoms with Crippen molar-refractivity contribution in [2.45, 2.75) is 12.8 Å². The number of rotatable bonds is 4. The summed E-state index contributed by atoms with van der Waals surface area (Å²) in [5, 5.41) is 2.85. The van der Waals surface area contributed by atoms with Crippen molar-refractivity contribution < 1.29 is 19.1 Å². The number of amides is 3. The van der Waals surface area contributed by atoms with E-state index >= 15 is 0 Å². The van der Waals surface area contributed by atoms with Crippen LogP contribution in [0.25, 0.3) is 0 Å². The molecule has 2 fully saturated rings. The minimum atomic E-state index is -0.300. The zero-order valence-electron chi connectivity index (χ0n) is 16.1. The molecule has 1 N–H and O–H groups in total. The molecule has 3 amide bonds. The van der Waals surface area contributed by atoms with Gasteiger partial charge in [0.1, 0.15) is 0 Å². The van der Waals surface area contributed by atoms with Crippen LogP contribution in [-0.4, -0.2) is 55.5 Å². The Bertz CT molecular complexity index is 920. The fourth-order valence-electron chi connectivity index (χ4n) is 3.62. The molecule has 150 valence electrons. The van der Waals surface area contributed by atoms with Crippen molar-refractivity contribution >= 4 is 29.1 Å². The van der Waals surface area contributed by atoms with Gasteiger partial charge in [0, 0.05) is 37.3 Å². The van der Waals surface area contributed by atoms with Gasteiger partial charge in [0.25, 0.3) is 11.8 Å². The lowest BCUT2D eigenvalue weighted by Gasteiger charge is -2.27. The second-order valence-electron chi connectivity index (χ2n) is 7.10. The molecule has 2 aliphatic rings. The number of ether oxygens (including phenoxy) is 1. The van der Waals surface area contributed by atoms with E-state index in [2.05, 4.69) is 5.32 Å². The summed E-state index contributed by atoms with van der Waals surface area (Å²) < 4.78 is 5.30. The third kappa shape index (κ3) is 4.14. The molecule has 2 saturated heterocycles. The third-order valence-corrected chi connectivity index (χ3v) is 5.22. The molecule has 0 saturated carbocycles. The van der Waals surface area contributed by atoms with Gasteiger partial charge in [0.2, 0.25) is 5.91 Å². The molecule has 0 unspecified atom stereocenters. The Morgan fingerprint density at radius 1 is 0.931 bits per heavy atom. The Labute approximate surface area is 169 Å². The van der Waals surface area contributed by atoms with Crippen LogP contribution in [0.1, 0.15) is 33.6 Å². The Kier molecular flexibility index (Phi) is 5.57. The molecule has 4 rings (SSSR count). The van der Waals surface area contributed by atoms with Gasteiger partial charge in [-0.25, -0.2) is 0 Å². The SMILES string of the molecule is O=C(Nc1ccccc1C(=O)N1CCOCC1)c1ccc(N2CCCC2=O)cc1. The van der Waals surface area contributed by atoms with Crippen LogP contribution in [-0.2, 0) is 9.53 Å². The van der Waals surface area contributed by atoms with Crippen molar-refractivity contribution in [3.05, 3.63) is 59.7 Å². The molecule has 7 nitrogen and oxygen atoms in total. The van der Waals surface area contributed by atoms with Crippen molar-refractivity contribution in [2.75, 3.05) is 43.1 Å². The summed E-state index contributed by atoms with van der Waals surface area (Å²) in [7, 11) is 0. The highest BCUT2D eigenvalue weighted by atomic mass is 16.5. The van der Waals surface area contributed by atoms with E-state index in [0.717, 1.165) is 12.1 Å². The standard InChI is InChI=1S/C22H23N3O4/c26-20-6-3-11-25(20)17-9-7-16(8-10-17)21(27)23-19-5-2-1-4-18(19)22(28)24-12-14-29-15-13-24/h1-2,4-5,7-10H,3,6,11-15H2,(H,23,27). The summed E-state index contributed by atoms with van der Waals surface area (Å²) in [6, 6.07) is 14.0. The number of carbonyl (C=O) groups excluding carboxylic acids is 3. The maximum atomic E-state index is 12.8. The highest BCUT2D eigenvalue weighted by Gasteiger charge is 2.23. The van der Waals surface area contributed by atoms with Crippen LogP contribution in [0.3, 0.4) is 0 Å². The topological polar surface area (TPSA) is 79.0 Å². The number of morpholine rings is 1. The summed E-state index contributed by atoms with van der Waals surface area (Å²) in [5.41, 5.74) is 2.20. The molecule has 0 radical (unpaired) electrons. The van der Waals surface area contributed by atoms with E-state index in [4.69, 9.17) is 4.74 Å². The number of hydrogen-bond donors (Lipinski definition) is 1. The van der Waals surface area contributed by atoms with Crippen LogP contribution in [0.15, 0.2) is 48.5 Å². The number of nitrogens with one attached hydrogen (secondary N) is 1. The molecule has 0 aromatic heterocycles. The number of benzene rings is 2. The highest BCUT2D eigenvalue weighted by molar-refractivity contribution is 6.09. The van der Waals surface area contributed by atoms with Gasteiger partial charge in [-0.15, -0.1) is 0 Å². The van der Waals surface area contributed by atoms with Crippen molar-refractivity contribution in [2.24, 2.45) is 0 Å². The first-order valence-electron chi connectivity index (χ1n) is 9.81. The Morgan fingerprint density at radius 2 is 1.66 bits per heavy atom. The smallest absolute Gasteiger partial charge is 0.256 e. The molecule has 0 atom stereocenters. The zero-order valence-corrected chi connectivity index (χ0v) is 16.1. The van der Waals surface area contributed by atoms with Crippen molar-refractivity contribution in [3.8, 4) is 0 Å². The fourth-order valence-corrected chi connectivity index (χ4v) is 3.62. The Balaban J connectivity index is 1.48. The van der Waals surface area contributed by atoms with Crippen LogP contribution < -0.4 is 10.2 Å². The maximum absolute atomic E-state index is 12.8. The Hall–Kier alpha value is -3.19. The molecule has 0 aliphatic carbocycles. The van der Waals surface area contributed by atoms with Gasteiger partial charge >= 0.3 is 0 Å². The van der Waals surface area contributed by atoms with Crippen molar-refractivity contribution in [1.82, 2.24) is 4.90 Å². The lowest BCUT2D eigenvalue weighted by Crippen LogP contribution is -2.41. The highest BCUT2D eigenvalue weighted by Crippen LogP contribution is 2.23. The van der Waals surface area contributed by atoms with Crippen LogP contribution in [0.2, 0.25) is 0 Å². The lowest BCUT2D eigenvalue weighted by atomic mass is 10.1. The van der Waals surface area contributed by atoms with E-state index in [9.17, 15) is 14.4 Å². The molecule has 29 heavy (non-hydrogen) atoms. The molecular formula is C22H23N3O4. The summed E-state index contributed by atoms with van der Waals surface area (Å²) in [4.78, 5) is 40.9. The summed E-state index contributed by atoms with van der Waals surface area (Å²) >= 11 is 0. The first-order chi connectivity index (χ1) is 14.1. The van der Waals surface area contributed by atoms with Gasteiger partial charge in [-0.1, -0.05) is 12.1 Å². The van der Waals surface area contributed by atoms with Crippen LogP contribution in [0.4, 0.5) is 11.4 Å². The zero-order chi connectivity index (χ0) is 20.2. The van der Waals surface area contributed by atoms with E-state index in [1.807, 2.05) is 0 Å². The van der Waals surface area contributed by atoms with E-state index < -0.39 is 0 Å². The van der Waals surface area contributed by atoms with Gasteiger partial charge < -0.3 is 19.9 Å². The number of anilines is 2. The first kappa shape index (κ1) is 19.1. The number of para-hydroxylation sites is 1. The summed E-state index contributed by atoms with van der Waals surface area (Å²) in [6.45, 7) is 2.83. The molecular weight excluding hydrogens is 370 g/mol. The van der Waals surface area contributed by atoms with E-state index in [1.165, 1.54) is 0 Å². The average Bonchev–Trinajstić information content (AvgIpc) is 3.20. The van der Waals surface area contributed by atoms with Crippen molar-refractivity contribution in [3.63, 3.8) is 0 Å². The van der Waals surface area contributed by atoms with Gasteiger partial charge in [0.15, 0.2) is 0 Å². The van der Waals surface area contributed by atoms with Gasteiger partial charge in [0.05, 0.1) is 24.5 Å². The number of nitrogens with zero attached hydrogens (tertiary/aromatic N) is 2. The summed E-state index contributed by atoms with van der Waals surface area (Å²) in [6.07, 6.45) is 1.42. The molecule has 2 aliphatic heterocycles. The predicted molar refractivity (Wildman–Crippen MR) is 109 cm³/mol. The molecule has 2 aromatic rings. The number of carbonyl (C=O) groups is 3. The molecule has 7 heteroatoms. The van der Waals surface area contributed by atoms with Gasteiger partial charge in [-0.3, -0.25) is 14.4 Å². The van der Waals surface area contributed by atoms with Gasteiger partial charge in [-0.05, 0) is 42.8 Å². The minimum Gasteiger partial charge on any atom is -0.378 e. The first-order valence-corrected chi connectivity index (χ1v) is 9.81. The number of hydrogen-bond acceptors (Lipinski definition) is 4. The second-order valence-corrected chi connectivity index (χ2v) is 7.10. The minimum absolute atomic E-state index is 0.109.